The number of nitrogens with zero attached hydrogens (tertiary/aromatic N) is 1. The molecule has 1 fully saturated rings. The smallest absolute Gasteiger partial charge is 0.236 e. The number of hydrogen-bond donors (Lipinski definition) is 2. The number of benzene rings is 1. The zero-order chi connectivity index (χ0) is 13.0. The predicted octanol–water partition coefficient (Wildman–Crippen LogP) is 1.19. The first-order valence-corrected chi connectivity index (χ1v) is 6.19. The SMILES string of the molecule is NCC(=O)N1CCC[C@H](Nc2ccc(F)cc2)C1. The van der Waals surface area contributed by atoms with Crippen molar-refractivity contribution in [3.8, 4) is 0 Å². The van der Waals surface area contributed by atoms with E-state index in [1.807, 2.05) is 0 Å². The lowest BCUT2D eigenvalue weighted by Gasteiger charge is -2.33. The fourth-order valence-corrected chi connectivity index (χ4v) is 2.23. The normalized spacial score (nSPS) is 19.7. The molecule has 1 amide bonds. The Morgan fingerprint density at radius 1 is 1.44 bits per heavy atom. The van der Waals surface area contributed by atoms with Crippen LogP contribution >= 0.6 is 0 Å². The number of carbonyl (C=O) groups is 1. The van der Waals surface area contributed by atoms with Gasteiger partial charge in [-0.2, -0.15) is 0 Å². The number of anilines is 1. The molecular weight excluding hydrogens is 233 g/mol. The van der Waals surface area contributed by atoms with Gasteiger partial charge in [-0.05, 0) is 37.1 Å². The van der Waals surface area contributed by atoms with Crippen LogP contribution in [0.1, 0.15) is 12.8 Å². The predicted molar refractivity (Wildman–Crippen MR) is 68.7 cm³/mol. The van der Waals surface area contributed by atoms with Gasteiger partial charge < -0.3 is 16.0 Å². The van der Waals surface area contributed by atoms with Gasteiger partial charge in [0.1, 0.15) is 5.82 Å². The van der Waals surface area contributed by atoms with Crippen molar-refractivity contribution >= 4 is 11.6 Å². The summed E-state index contributed by atoms with van der Waals surface area (Å²) in [7, 11) is 0. The fourth-order valence-electron chi connectivity index (χ4n) is 2.23. The third-order valence-corrected chi connectivity index (χ3v) is 3.16. The van der Waals surface area contributed by atoms with Crippen molar-refractivity contribution in [3.05, 3.63) is 30.1 Å². The summed E-state index contributed by atoms with van der Waals surface area (Å²) in [6.45, 7) is 1.49. The maximum atomic E-state index is 12.8. The van der Waals surface area contributed by atoms with Crippen LogP contribution in [0.15, 0.2) is 24.3 Å². The number of hydrogen-bond acceptors (Lipinski definition) is 3. The van der Waals surface area contributed by atoms with Gasteiger partial charge in [0.15, 0.2) is 0 Å². The minimum Gasteiger partial charge on any atom is -0.381 e. The molecule has 0 unspecified atom stereocenters. The van der Waals surface area contributed by atoms with Crippen LogP contribution in [0, 0.1) is 5.82 Å². The Hall–Kier alpha value is -1.62. The van der Waals surface area contributed by atoms with Gasteiger partial charge in [-0.25, -0.2) is 4.39 Å². The highest BCUT2D eigenvalue weighted by molar-refractivity contribution is 5.78. The van der Waals surface area contributed by atoms with Crippen molar-refractivity contribution in [1.29, 1.82) is 0 Å². The second kappa shape index (κ2) is 5.82. The van der Waals surface area contributed by atoms with Crippen LogP contribution in [-0.4, -0.2) is 36.5 Å². The van der Waals surface area contributed by atoms with E-state index in [1.165, 1.54) is 12.1 Å². The highest BCUT2D eigenvalue weighted by atomic mass is 19.1. The molecule has 1 aliphatic rings. The van der Waals surface area contributed by atoms with Gasteiger partial charge in [-0.15, -0.1) is 0 Å². The molecule has 0 saturated carbocycles. The van der Waals surface area contributed by atoms with Crippen LogP contribution < -0.4 is 11.1 Å². The molecule has 0 aliphatic carbocycles. The van der Waals surface area contributed by atoms with Crippen LogP contribution in [0.4, 0.5) is 10.1 Å². The third kappa shape index (κ3) is 3.20. The molecule has 1 aliphatic heterocycles. The van der Waals surface area contributed by atoms with Gasteiger partial charge in [0.25, 0.3) is 0 Å². The van der Waals surface area contributed by atoms with Crippen molar-refractivity contribution in [1.82, 2.24) is 4.90 Å². The molecule has 1 heterocycles. The number of piperidine rings is 1. The molecule has 0 aromatic heterocycles. The molecule has 1 aromatic rings. The van der Waals surface area contributed by atoms with Gasteiger partial charge in [0.2, 0.25) is 5.91 Å². The first-order valence-electron chi connectivity index (χ1n) is 6.19. The minimum atomic E-state index is -0.246. The van der Waals surface area contributed by atoms with Gasteiger partial charge in [-0.3, -0.25) is 4.79 Å². The molecule has 5 heteroatoms. The monoisotopic (exact) mass is 251 g/mol. The molecular formula is C13H18FN3O. The number of rotatable bonds is 3. The number of nitrogens with one attached hydrogen (secondary N) is 1. The van der Waals surface area contributed by atoms with E-state index in [2.05, 4.69) is 5.32 Å². The van der Waals surface area contributed by atoms with Crippen molar-refractivity contribution in [2.75, 3.05) is 25.0 Å². The van der Waals surface area contributed by atoms with Crippen molar-refractivity contribution in [2.24, 2.45) is 5.73 Å². The van der Waals surface area contributed by atoms with Crippen LogP contribution in [0.5, 0.6) is 0 Å². The van der Waals surface area contributed by atoms with Crippen LogP contribution in [-0.2, 0) is 4.79 Å². The highest BCUT2D eigenvalue weighted by Gasteiger charge is 2.22. The second-order valence-electron chi connectivity index (χ2n) is 4.53. The molecule has 0 bridgehead atoms. The lowest BCUT2D eigenvalue weighted by Crippen LogP contribution is -2.47. The lowest BCUT2D eigenvalue weighted by molar-refractivity contribution is -0.130. The minimum absolute atomic E-state index is 0.0133. The van der Waals surface area contributed by atoms with E-state index in [1.54, 1.807) is 17.0 Å². The molecule has 1 saturated heterocycles. The topological polar surface area (TPSA) is 58.4 Å². The molecule has 0 radical (unpaired) electrons. The van der Waals surface area contributed by atoms with E-state index in [9.17, 15) is 9.18 Å². The van der Waals surface area contributed by atoms with Crippen LogP contribution in [0.2, 0.25) is 0 Å². The van der Waals surface area contributed by atoms with E-state index in [0.717, 1.165) is 25.1 Å². The number of likely N-dealkylation sites (tertiary alicyclic amines) is 1. The summed E-state index contributed by atoms with van der Waals surface area (Å²) in [4.78, 5) is 13.3. The second-order valence-corrected chi connectivity index (χ2v) is 4.53. The van der Waals surface area contributed by atoms with Crippen molar-refractivity contribution < 1.29 is 9.18 Å². The summed E-state index contributed by atoms with van der Waals surface area (Å²) < 4.78 is 12.8. The van der Waals surface area contributed by atoms with E-state index in [4.69, 9.17) is 5.73 Å². The molecule has 0 spiro atoms. The maximum Gasteiger partial charge on any atom is 0.236 e. The van der Waals surface area contributed by atoms with Gasteiger partial charge in [0.05, 0.1) is 6.54 Å². The number of halogens is 1. The third-order valence-electron chi connectivity index (χ3n) is 3.16. The summed E-state index contributed by atoms with van der Waals surface area (Å²) in [5.41, 5.74) is 6.24. The number of carbonyl (C=O) groups excluding carboxylic acids is 1. The first-order chi connectivity index (χ1) is 8.69. The Morgan fingerprint density at radius 2 is 2.17 bits per heavy atom. The largest absolute Gasteiger partial charge is 0.381 e. The summed E-state index contributed by atoms with van der Waals surface area (Å²) in [6, 6.07) is 6.47. The number of amides is 1. The highest BCUT2D eigenvalue weighted by Crippen LogP contribution is 2.16. The van der Waals surface area contributed by atoms with E-state index < -0.39 is 0 Å². The van der Waals surface area contributed by atoms with Crippen molar-refractivity contribution in [2.45, 2.75) is 18.9 Å². The van der Waals surface area contributed by atoms with Gasteiger partial charge in [0, 0.05) is 24.8 Å². The summed E-state index contributed by atoms with van der Waals surface area (Å²) in [6.07, 6.45) is 1.97. The number of nitrogens with two attached hydrogens (primary N) is 1. The molecule has 2 rings (SSSR count). The molecule has 18 heavy (non-hydrogen) atoms. The Kier molecular flexibility index (Phi) is 4.15. The van der Waals surface area contributed by atoms with E-state index >= 15 is 0 Å². The lowest BCUT2D eigenvalue weighted by atomic mass is 10.1. The van der Waals surface area contributed by atoms with Crippen molar-refractivity contribution in [3.63, 3.8) is 0 Å². The summed E-state index contributed by atoms with van der Waals surface area (Å²) in [5.74, 6) is -0.260. The molecule has 3 N–H and O–H groups in total. The zero-order valence-corrected chi connectivity index (χ0v) is 10.2. The Labute approximate surface area is 106 Å². The van der Waals surface area contributed by atoms with E-state index in [0.29, 0.717) is 6.54 Å². The molecule has 98 valence electrons. The Bertz CT molecular complexity index is 407. The van der Waals surface area contributed by atoms with Gasteiger partial charge >= 0.3 is 0 Å². The molecule has 4 nitrogen and oxygen atoms in total. The van der Waals surface area contributed by atoms with E-state index in [-0.39, 0.29) is 24.3 Å². The Balaban J connectivity index is 1.93. The quantitative estimate of drug-likeness (QED) is 0.848. The molecule has 1 atom stereocenters. The standard InChI is InChI=1S/C13H18FN3O/c14-10-3-5-11(6-4-10)16-12-2-1-7-17(9-12)13(18)8-15/h3-6,12,16H,1-2,7-9,15H2/t12-/m0/s1. The summed E-state index contributed by atoms with van der Waals surface area (Å²) in [5, 5.41) is 3.32. The first kappa shape index (κ1) is 12.8. The molecule has 1 aromatic carbocycles. The van der Waals surface area contributed by atoms with Gasteiger partial charge in [-0.1, -0.05) is 0 Å². The maximum absolute atomic E-state index is 12.8. The zero-order valence-electron chi connectivity index (χ0n) is 10.2. The van der Waals surface area contributed by atoms with Crippen LogP contribution in [0.3, 0.4) is 0 Å². The average Bonchev–Trinajstić information content (AvgIpc) is 2.41. The van der Waals surface area contributed by atoms with Crippen LogP contribution in [0.25, 0.3) is 0 Å². The summed E-state index contributed by atoms with van der Waals surface area (Å²) >= 11 is 0. The Morgan fingerprint density at radius 3 is 2.83 bits per heavy atom. The fraction of sp³-hybridized carbons (Fsp3) is 0.462. The average molecular weight is 251 g/mol.